The number of carbonyl (C=O) groups excluding carboxylic acids is 2. The van der Waals surface area contributed by atoms with Crippen LogP contribution in [0.25, 0.3) is 0 Å². The van der Waals surface area contributed by atoms with Crippen molar-refractivity contribution in [3.05, 3.63) is 59.7 Å². The van der Waals surface area contributed by atoms with Crippen LogP contribution in [-0.4, -0.2) is 39.7 Å². The van der Waals surface area contributed by atoms with Crippen molar-refractivity contribution in [3.8, 4) is 0 Å². The summed E-state index contributed by atoms with van der Waals surface area (Å²) in [4.78, 5) is 23.9. The quantitative estimate of drug-likeness (QED) is 0.604. The average Bonchev–Trinajstić information content (AvgIpc) is 2.67. The molecule has 0 radical (unpaired) electrons. The van der Waals surface area contributed by atoms with E-state index in [0.29, 0.717) is 5.69 Å². The summed E-state index contributed by atoms with van der Waals surface area (Å²) in [6.45, 7) is 1.81. The molecule has 0 aliphatic carbocycles. The van der Waals surface area contributed by atoms with E-state index in [9.17, 15) is 26.8 Å². The second kappa shape index (κ2) is 10.1. The van der Waals surface area contributed by atoms with Crippen LogP contribution in [0.4, 0.5) is 20.2 Å². The minimum Gasteiger partial charge on any atom is -0.462 e. The number of rotatable bonds is 9. The SMILES string of the molecule is CCOC(=O)c1cccc(NC(=O)CCCN(c2ccc(F)c(F)c2)S(C)(=O)=O)c1. The molecule has 0 spiro atoms. The lowest BCUT2D eigenvalue weighted by Gasteiger charge is -2.22. The van der Waals surface area contributed by atoms with Gasteiger partial charge in [0.25, 0.3) is 0 Å². The Kier molecular flexibility index (Phi) is 7.87. The van der Waals surface area contributed by atoms with Crippen LogP contribution in [-0.2, 0) is 19.6 Å². The highest BCUT2D eigenvalue weighted by Crippen LogP contribution is 2.21. The van der Waals surface area contributed by atoms with Crippen LogP contribution in [0.15, 0.2) is 42.5 Å². The molecule has 0 bridgehead atoms. The fraction of sp³-hybridized carbons (Fsp3) is 0.300. The first-order valence-electron chi connectivity index (χ1n) is 9.11. The highest BCUT2D eigenvalue weighted by atomic mass is 32.2. The number of nitrogens with one attached hydrogen (secondary N) is 1. The first kappa shape index (κ1) is 23.3. The number of amides is 1. The third kappa shape index (κ3) is 6.51. The van der Waals surface area contributed by atoms with Crippen molar-refractivity contribution in [2.45, 2.75) is 19.8 Å². The fourth-order valence-corrected chi connectivity index (χ4v) is 3.63. The van der Waals surface area contributed by atoms with E-state index in [-0.39, 0.29) is 37.2 Å². The van der Waals surface area contributed by atoms with Crippen LogP contribution < -0.4 is 9.62 Å². The van der Waals surface area contributed by atoms with Crippen molar-refractivity contribution in [2.24, 2.45) is 0 Å². The smallest absolute Gasteiger partial charge is 0.338 e. The number of benzene rings is 2. The maximum Gasteiger partial charge on any atom is 0.338 e. The van der Waals surface area contributed by atoms with Gasteiger partial charge in [-0.1, -0.05) is 6.07 Å². The molecule has 7 nitrogen and oxygen atoms in total. The van der Waals surface area contributed by atoms with Gasteiger partial charge in [-0.05, 0) is 43.7 Å². The zero-order valence-corrected chi connectivity index (χ0v) is 17.3. The molecule has 0 heterocycles. The Morgan fingerprint density at radius 3 is 2.47 bits per heavy atom. The molecule has 30 heavy (non-hydrogen) atoms. The van der Waals surface area contributed by atoms with Crippen molar-refractivity contribution in [3.63, 3.8) is 0 Å². The van der Waals surface area contributed by atoms with E-state index in [1.165, 1.54) is 6.07 Å². The molecule has 162 valence electrons. The van der Waals surface area contributed by atoms with Crippen LogP contribution in [0.3, 0.4) is 0 Å². The van der Waals surface area contributed by atoms with Crippen LogP contribution >= 0.6 is 0 Å². The van der Waals surface area contributed by atoms with E-state index >= 15 is 0 Å². The molecule has 10 heteroatoms. The molecule has 2 aromatic rings. The predicted octanol–water partition coefficient (Wildman–Crippen LogP) is 3.33. The molecule has 0 fully saturated rings. The summed E-state index contributed by atoms with van der Waals surface area (Å²) < 4.78 is 56.4. The second-order valence-electron chi connectivity index (χ2n) is 6.39. The molecule has 0 saturated carbocycles. The van der Waals surface area contributed by atoms with Gasteiger partial charge in [0, 0.05) is 24.7 Å². The number of halogens is 2. The molecule has 0 aliphatic heterocycles. The number of ether oxygens (including phenoxy) is 1. The van der Waals surface area contributed by atoms with E-state index < -0.39 is 33.5 Å². The molecule has 0 unspecified atom stereocenters. The van der Waals surface area contributed by atoms with Gasteiger partial charge in [0.1, 0.15) is 0 Å². The van der Waals surface area contributed by atoms with E-state index in [2.05, 4.69) is 5.32 Å². The number of hydrogen-bond donors (Lipinski definition) is 1. The zero-order valence-electron chi connectivity index (χ0n) is 16.5. The highest BCUT2D eigenvalue weighted by molar-refractivity contribution is 7.92. The summed E-state index contributed by atoms with van der Waals surface area (Å²) in [5.74, 6) is -3.16. The predicted molar refractivity (Wildman–Crippen MR) is 109 cm³/mol. The summed E-state index contributed by atoms with van der Waals surface area (Å²) in [6, 6.07) is 9.00. The maximum absolute atomic E-state index is 13.5. The third-order valence-corrected chi connectivity index (χ3v) is 5.21. The van der Waals surface area contributed by atoms with Gasteiger partial charge in [-0.25, -0.2) is 22.0 Å². The molecule has 0 atom stereocenters. The van der Waals surface area contributed by atoms with Gasteiger partial charge >= 0.3 is 5.97 Å². The Balaban J connectivity index is 1.98. The Morgan fingerprint density at radius 2 is 1.83 bits per heavy atom. The van der Waals surface area contributed by atoms with Gasteiger partial charge in [-0.3, -0.25) is 9.10 Å². The largest absolute Gasteiger partial charge is 0.462 e. The van der Waals surface area contributed by atoms with Crippen molar-refractivity contribution < 1.29 is 31.5 Å². The van der Waals surface area contributed by atoms with Crippen LogP contribution in [0.2, 0.25) is 0 Å². The van der Waals surface area contributed by atoms with E-state index in [4.69, 9.17) is 4.74 Å². The van der Waals surface area contributed by atoms with Crippen molar-refractivity contribution in [1.29, 1.82) is 0 Å². The van der Waals surface area contributed by atoms with Crippen molar-refractivity contribution >= 4 is 33.3 Å². The monoisotopic (exact) mass is 440 g/mol. The van der Waals surface area contributed by atoms with Crippen molar-refractivity contribution in [1.82, 2.24) is 0 Å². The molecule has 2 rings (SSSR count). The summed E-state index contributed by atoms with van der Waals surface area (Å²) in [5.41, 5.74) is 0.654. The lowest BCUT2D eigenvalue weighted by atomic mass is 10.2. The van der Waals surface area contributed by atoms with Crippen LogP contribution in [0.1, 0.15) is 30.1 Å². The Morgan fingerprint density at radius 1 is 1.10 bits per heavy atom. The summed E-state index contributed by atoms with van der Waals surface area (Å²) in [6.07, 6.45) is 1.05. The Labute approximate surface area is 173 Å². The van der Waals surface area contributed by atoms with Gasteiger partial charge in [0.2, 0.25) is 15.9 Å². The maximum atomic E-state index is 13.5. The second-order valence-corrected chi connectivity index (χ2v) is 8.29. The summed E-state index contributed by atoms with van der Waals surface area (Å²) >= 11 is 0. The first-order chi connectivity index (χ1) is 14.1. The third-order valence-electron chi connectivity index (χ3n) is 4.01. The minimum atomic E-state index is -3.76. The topological polar surface area (TPSA) is 92.8 Å². The Bertz CT molecular complexity index is 1030. The van der Waals surface area contributed by atoms with Crippen LogP contribution in [0, 0.1) is 11.6 Å². The number of esters is 1. The van der Waals surface area contributed by atoms with Gasteiger partial charge < -0.3 is 10.1 Å². The lowest BCUT2D eigenvalue weighted by molar-refractivity contribution is -0.116. The Hall–Kier alpha value is -3.01. The molecule has 1 amide bonds. The van der Waals surface area contributed by atoms with E-state index in [0.717, 1.165) is 28.8 Å². The highest BCUT2D eigenvalue weighted by Gasteiger charge is 2.19. The summed E-state index contributed by atoms with van der Waals surface area (Å²) in [5, 5.41) is 2.62. The first-order valence-corrected chi connectivity index (χ1v) is 11.0. The number of anilines is 2. The lowest BCUT2D eigenvalue weighted by Crippen LogP contribution is -2.31. The van der Waals surface area contributed by atoms with Crippen LogP contribution in [0.5, 0.6) is 0 Å². The van der Waals surface area contributed by atoms with Gasteiger partial charge in [0.15, 0.2) is 11.6 Å². The summed E-state index contributed by atoms with van der Waals surface area (Å²) in [7, 11) is -3.76. The fourth-order valence-electron chi connectivity index (χ4n) is 2.67. The standard InChI is InChI=1S/C20H22F2N2O5S/c1-3-29-20(26)14-6-4-7-15(12-14)23-19(25)8-5-11-24(30(2,27)28)16-9-10-17(21)18(22)13-16/h4,6-7,9-10,12-13H,3,5,8,11H2,1-2H3,(H,23,25). The number of carbonyl (C=O) groups is 2. The number of sulfonamides is 1. The molecule has 2 aromatic carbocycles. The molecule has 0 saturated heterocycles. The minimum absolute atomic E-state index is 0.0284. The number of hydrogen-bond acceptors (Lipinski definition) is 5. The van der Waals surface area contributed by atoms with E-state index in [1.54, 1.807) is 25.1 Å². The average molecular weight is 440 g/mol. The molecule has 1 N–H and O–H groups in total. The molecular formula is C20H22F2N2O5S. The van der Waals surface area contributed by atoms with Gasteiger partial charge in [-0.15, -0.1) is 0 Å². The zero-order chi connectivity index (χ0) is 22.3. The normalized spacial score (nSPS) is 11.1. The van der Waals surface area contributed by atoms with Gasteiger partial charge in [0.05, 0.1) is 24.1 Å². The molecule has 0 aromatic heterocycles. The molecular weight excluding hydrogens is 418 g/mol. The number of nitrogens with zero attached hydrogens (tertiary/aromatic N) is 1. The van der Waals surface area contributed by atoms with Crippen molar-refractivity contribution in [2.75, 3.05) is 29.0 Å². The van der Waals surface area contributed by atoms with E-state index in [1.807, 2.05) is 0 Å². The van der Waals surface area contributed by atoms with Gasteiger partial charge in [-0.2, -0.15) is 0 Å². The molecule has 0 aliphatic rings.